The molecule has 0 aliphatic carbocycles. The smallest absolute Gasteiger partial charge is 0.325 e. The van der Waals surface area contributed by atoms with E-state index in [0.717, 1.165) is 12.8 Å². The molecule has 0 bridgehead atoms. The first-order valence-electron chi connectivity index (χ1n) is 6.36. The number of aliphatic carboxylic acids is 1. The molecule has 106 valence electrons. The van der Waals surface area contributed by atoms with Crippen LogP contribution >= 0.6 is 0 Å². The zero-order chi connectivity index (χ0) is 14.3. The Labute approximate surface area is 111 Å². The number of amides is 1. The number of carboxylic acid groups (broad SMARTS) is 1. The van der Waals surface area contributed by atoms with E-state index in [1.165, 1.54) is 6.92 Å². The summed E-state index contributed by atoms with van der Waals surface area (Å²) in [6.45, 7) is 3.46. The molecule has 1 amide bonds. The summed E-state index contributed by atoms with van der Waals surface area (Å²) in [5.41, 5.74) is 0. The van der Waals surface area contributed by atoms with Crippen molar-refractivity contribution in [2.75, 3.05) is 0 Å². The molecule has 7 heteroatoms. The van der Waals surface area contributed by atoms with Crippen LogP contribution in [0.3, 0.4) is 0 Å². The van der Waals surface area contributed by atoms with E-state index in [1.807, 2.05) is 6.92 Å². The fourth-order valence-electron chi connectivity index (χ4n) is 1.49. The molecule has 1 unspecified atom stereocenters. The molecular weight excluding hydrogens is 250 g/mol. The van der Waals surface area contributed by atoms with Gasteiger partial charge >= 0.3 is 5.97 Å². The molecule has 0 saturated heterocycles. The molecule has 0 aliphatic rings. The average Bonchev–Trinajstić information content (AvgIpc) is 2.77. The van der Waals surface area contributed by atoms with E-state index >= 15 is 0 Å². The maximum atomic E-state index is 11.4. The Bertz CT molecular complexity index is 430. The Morgan fingerprint density at radius 2 is 2.16 bits per heavy atom. The summed E-state index contributed by atoms with van der Waals surface area (Å²) in [6.07, 6.45) is 3.04. The van der Waals surface area contributed by atoms with Gasteiger partial charge in [0.1, 0.15) is 6.04 Å². The lowest BCUT2D eigenvalue weighted by Crippen LogP contribution is -2.38. The molecule has 1 atom stereocenters. The van der Waals surface area contributed by atoms with Gasteiger partial charge in [0, 0.05) is 19.3 Å². The fraction of sp³-hybridized carbons (Fsp3) is 0.667. The van der Waals surface area contributed by atoms with Crippen LogP contribution in [0.15, 0.2) is 4.52 Å². The van der Waals surface area contributed by atoms with E-state index in [9.17, 15) is 9.59 Å². The zero-order valence-corrected chi connectivity index (χ0v) is 11.2. The van der Waals surface area contributed by atoms with Crippen molar-refractivity contribution in [1.82, 2.24) is 15.5 Å². The quantitative estimate of drug-likeness (QED) is 0.727. The summed E-state index contributed by atoms with van der Waals surface area (Å²) >= 11 is 0. The van der Waals surface area contributed by atoms with Gasteiger partial charge in [-0.25, -0.2) is 0 Å². The fourth-order valence-corrected chi connectivity index (χ4v) is 1.49. The van der Waals surface area contributed by atoms with Gasteiger partial charge in [-0.2, -0.15) is 4.98 Å². The van der Waals surface area contributed by atoms with Gasteiger partial charge in [-0.3, -0.25) is 9.59 Å². The number of hydrogen-bond acceptors (Lipinski definition) is 5. The number of aryl methyl sites for hydroxylation is 2. The second-order valence-electron chi connectivity index (χ2n) is 4.34. The van der Waals surface area contributed by atoms with E-state index in [-0.39, 0.29) is 12.3 Å². The van der Waals surface area contributed by atoms with Gasteiger partial charge in [0.05, 0.1) is 0 Å². The molecule has 1 heterocycles. The van der Waals surface area contributed by atoms with Gasteiger partial charge in [0.2, 0.25) is 11.8 Å². The highest BCUT2D eigenvalue weighted by Gasteiger charge is 2.14. The predicted octanol–water partition coefficient (Wildman–Crippen LogP) is 0.934. The first-order valence-corrected chi connectivity index (χ1v) is 6.36. The number of nitrogens with zero attached hydrogens (tertiary/aromatic N) is 2. The molecule has 2 N–H and O–H groups in total. The summed E-state index contributed by atoms with van der Waals surface area (Å²) in [4.78, 5) is 26.1. The van der Waals surface area contributed by atoms with Crippen molar-refractivity contribution in [1.29, 1.82) is 0 Å². The minimum atomic E-state index is -1.05. The number of nitrogens with one attached hydrogen (secondary N) is 1. The summed E-state index contributed by atoms with van der Waals surface area (Å²) < 4.78 is 5.03. The Kier molecular flexibility index (Phi) is 5.98. The van der Waals surface area contributed by atoms with E-state index in [4.69, 9.17) is 9.63 Å². The van der Waals surface area contributed by atoms with Crippen molar-refractivity contribution in [2.45, 2.75) is 52.0 Å². The molecule has 1 aromatic rings. The van der Waals surface area contributed by atoms with Crippen LogP contribution in [0.5, 0.6) is 0 Å². The number of hydrogen-bond donors (Lipinski definition) is 2. The SMILES string of the molecule is CCCc1noc(CCCC(=O)NC(C)C(=O)O)n1. The molecule has 0 aliphatic heterocycles. The highest BCUT2D eigenvalue weighted by Crippen LogP contribution is 2.04. The number of carbonyl (C=O) groups is 2. The van der Waals surface area contributed by atoms with Crippen LogP contribution in [0.2, 0.25) is 0 Å². The van der Waals surface area contributed by atoms with Gasteiger partial charge in [0.25, 0.3) is 0 Å². The van der Waals surface area contributed by atoms with Crippen LogP contribution in [0.25, 0.3) is 0 Å². The monoisotopic (exact) mass is 269 g/mol. The average molecular weight is 269 g/mol. The van der Waals surface area contributed by atoms with Crippen molar-refractivity contribution < 1.29 is 19.2 Å². The van der Waals surface area contributed by atoms with E-state index in [0.29, 0.717) is 24.6 Å². The van der Waals surface area contributed by atoms with Crippen molar-refractivity contribution >= 4 is 11.9 Å². The molecule has 7 nitrogen and oxygen atoms in total. The maximum Gasteiger partial charge on any atom is 0.325 e. The Hall–Kier alpha value is -1.92. The first-order chi connectivity index (χ1) is 9.02. The van der Waals surface area contributed by atoms with Crippen LogP contribution in [0, 0.1) is 0 Å². The first kappa shape index (κ1) is 15.1. The Balaban J connectivity index is 2.25. The van der Waals surface area contributed by atoms with Crippen molar-refractivity contribution in [3.05, 3.63) is 11.7 Å². The summed E-state index contributed by atoms with van der Waals surface area (Å²) in [7, 11) is 0. The number of rotatable bonds is 8. The molecule has 1 rings (SSSR count). The number of aromatic nitrogens is 2. The minimum absolute atomic E-state index is 0.239. The van der Waals surface area contributed by atoms with Crippen molar-refractivity contribution in [3.63, 3.8) is 0 Å². The molecule has 0 saturated carbocycles. The molecule has 19 heavy (non-hydrogen) atoms. The Morgan fingerprint density at radius 3 is 2.79 bits per heavy atom. The summed E-state index contributed by atoms with van der Waals surface area (Å²) in [6, 6.07) is -0.868. The van der Waals surface area contributed by atoms with Crippen LogP contribution < -0.4 is 5.32 Å². The van der Waals surface area contributed by atoms with Gasteiger partial charge < -0.3 is 14.9 Å². The molecular formula is C12H19N3O4. The van der Waals surface area contributed by atoms with Crippen LogP contribution in [-0.4, -0.2) is 33.2 Å². The van der Waals surface area contributed by atoms with Crippen LogP contribution in [0.1, 0.15) is 44.8 Å². The highest BCUT2D eigenvalue weighted by atomic mass is 16.5. The van der Waals surface area contributed by atoms with E-state index in [1.54, 1.807) is 0 Å². The zero-order valence-electron chi connectivity index (χ0n) is 11.2. The standard InChI is InChI=1S/C12H19N3O4/c1-3-5-9-14-11(19-15-9)7-4-6-10(16)13-8(2)12(17)18/h8H,3-7H2,1-2H3,(H,13,16)(H,17,18). The second-order valence-corrected chi connectivity index (χ2v) is 4.34. The lowest BCUT2D eigenvalue weighted by Gasteiger charge is -2.08. The topological polar surface area (TPSA) is 105 Å². The minimum Gasteiger partial charge on any atom is -0.480 e. The third-order valence-corrected chi connectivity index (χ3v) is 2.53. The lowest BCUT2D eigenvalue weighted by molar-refractivity contribution is -0.141. The third kappa shape index (κ3) is 5.50. The van der Waals surface area contributed by atoms with Gasteiger partial charge in [-0.15, -0.1) is 0 Å². The van der Waals surface area contributed by atoms with Gasteiger partial charge in [-0.1, -0.05) is 12.1 Å². The second kappa shape index (κ2) is 7.50. The molecule has 0 spiro atoms. The lowest BCUT2D eigenvalue weighted by atomic mass is 10.2. The summed E-state index contributed by atoms with van der Waals surface area (Å²) in [5.74, 6) is -0.137. The number of carbonyl (C=O) groups excluding carboxylic acids is 1. The van der Waals surface area contributed by atoms with E-state index in [2.05, 4.69) is 15.5 Å². The normalized spacial score (nSPS) is 12.1. The molecule has 0 aromatic carbocycles. The van der Waals surface area contributed by atoms with Gasteiger partial charge in [0.15, 0.2) is 5.82 Å². The van der Waals surface area contributed by atoms with E-state index < -0.39 is 12.0 Å². The summed E-state index contributed by atoms with van der Waals surface area (Å²) in [5, 5.41) is 14.8. The number of carboxylic acids is 1. The highest BCUT2D eigenvalue weighted by molar-refractivity contribution is 5.83. The molecule has 0 fully saturated rings. The Morgan fingerprint density at radius 1 is 1.42 bits per heavy atom. The molecule has 1 aromatic heterocycles. The van der Waals surface area contributed by atoms with Crippen molar-refractivity contribution in [3.8, 4) is 0 Å². The third-order valence-electron chi connectivity index (χ3n) is 2.53. The largest absolute Gasteiger partial charge is 0.480 e. The van der Waals surface area contributed by atoms with Crippen LogP contribution in [0.4, 0.5) is 0 Å². The molecule has 0 radical (unpaired) electrons. The van der Waals surface area contributed by atoms with Crippen molar-refractivity contribution in [2.24, 2.45) is 0 Å². The maximum absolute atomic E-state index is 11.4. The predicted molar refractivity (Wildman–Crippen MR) is 66.5 cm³/mol. The van der Waals surface area contributed by atoms with Crippen LogP contribution in [-0.2, 0) is 22.4 Å². The van der Waals surface area contributed by atoms with Gasteiger partial charge in [-0.05, 0) is 19.8 Å².